The SMILES string of the molecule is CNS(=O)(=O)c1ccc(CNC(=O)c2nn(-c3ccc(F)cc3)c3c2CCCC3)s1. The Morgan fingerprint density at radius 3 is 2.63 bits per heavy atom. The lowest BCUT2D eigenvalue weighted by molar-refractivity contribution is 0.0945. The Labute approximate surface area is 178 Å². The third-order valence-corrected chi connectivity index (χ3v) is 8.05. The molecule has 0 radical (unpaired) electrons. The molecule has 1 aliphatic carbocycles. The quantitative estimate of drug-likeness (QED) is 0.607. The lowest BCUT2D eigenvalue weighted by atomic mass is 9.95. The molecule has 1 aliphatic rings. The fraction of sp³-hybridized carbons (Fsp3) is 0.300. The average molecular weight is 449 g/mol. The molecule has 7 nitrogen and oxygen atoms in total. The van der Waals surface area contributed by atoms with Gasteiger partial charge in [-0.1, -0.05) is 0 Å². The third-order valence-electron chi connectivity index (χ3n) is 5.06. The van der Waals surface area contributed by atoms with Gasteiger partial charge in [-0.25, -0.2) is 22.2 Å². The molecule has 0 atom stereocenters. The number of carbonyl (C=O) groups is 1. The number of sulfonamides is 1. The van der Waals surface area contributed by atoms with Gasteiger partial charge < -0.3 is 5.32 Å². The molecule has 0 saturated heterocycles. The maximum absolute atomic E-state index is 13.3. The van der Waals surface area contributed by atoms with Crippen molar-refractivity contribution in [3.63, 3.8) is 0 Å². The van der Waals surface area contributed by atoms with Crippen LogP contribution >= 0.6 is 11.3 Å². The zero-order valence-corrected chi connectivity index (χ0v) is 17.9. The molecule has 1 aromatic carbocycles. The van der Waals surface area contributed by atoms with Gasteiger partial charge in [0.1, 0.15) is 10.0 Å². The van der Waals surface area contributed by atoms with Gasteiger partial charge in [0.15, 0.2) is 5.69 Å². The molecule has 1 amide bonds. The van der Waals surface area contributed by atoms with E-state index in [2.05, 4.69) is 15.1 Å². The van der Waals surface area contributed by atoms with Crippen LogP contribution in [0.2, 0.25) is 0 Å². The number of amides is 1. The van der Waals surface area contributed by atoms with Gasteiger partial charge in [-0.05, 0) is 69.1 Å². The lowest BCUT2D eigenvalue weighted by Crippen LogP contribution is -2.24. The van der Waals surface area contributed by atoms with Crippen molar-refractivity contribution in [2.75, 3.05) is 7.05 Å². The van der Waals surface area contributed by atoms with E-state index in [1.54, 1.807) is 22.9 Å². The summed E-state index contributed by atoms with van der Waals surface area (Å²) in [6.07, 6.45) is 3.57. The molecule has 3 aromatic rings. The number of fused-ring (bicyclic) bond motifs is 1. The van der Waals surface area contributed by atoms with Crippen LogP contribution in [0.4, 0.5) is 4.39 Å². The highest BCUT2D eigenvalue weighted by Crippen LogP contribution is 2.27. The van der Waals surface area contributed by atoms with E-state index in [1.165, 1.54) is 25.2 Å². The van der Waals surface area contributed by atoms with Crippen molar-refractivity contribution < 1.29 is 17.6 Å². The fourth-order valence-corrected chi connectivity index (χ4v) is 5.66. The number of nitrogens with one attached hydrogen (secondary N) is 2. The molecule has 158 valence electrons. The molecule has 0 fully saturated rings. The molecule has 0 unspecified atom stereocenters. The van der Waals surface area contributed by atoms with E-state index in [9.17, 15) is 17.6 Å². The summed E-state index contributed by atoms with van der Waals surface area (Å²) in [7, 11) is -2.14. The maximum Gasteiger partial charge on any atom is 0.272 e. The molecule has 30 heavy (non-hydrogen) atoms. The normalized spacial score (nSPS) is 13.8. The first kappa shape index (κ1) is 20.7. The Bertz CT molecular complexity index is 1180. The van der Waals surface area contributed by atoms with Gasteiger partial charge in [-0.2, -0.15) is 5.10 Å². The van der Waals surface area contributed by atoms with Crippen LogP contribution in [0.5, 0.6) is 0 Å². The summed E-state index contributed by atoms with van der Waals surface area (Å²) in [6, 6.07) is 9.24. The number of halogens is 1. The van der Waals surface area contributed by atoms with Crippen molar-refractivity contribution in [3.05, 3.63) is 64.0 Å². The highest BCUT2D eigenvalue weighted by molar-refractivity contribution is 7.91. The van der Waals surface area contributed by atoms with Gasteiger partial charge >= 0.3 is 0 Å². The van der Waals surface area contributed by atoms with Gasteiger partial charge in [0.05, 0.1) is 12.2 Å². The topological polar surface area (TPSA) is 93.1 Å². The van der Waals surface area contributed by atoms with Crippen molar-refractivity contribution in [3.8, 4) is 5.69 Å². The molecular weight excluding hydrogens is 427 g/mol. The van der Waals surface area contributed by atoms with Crippen LogP contribution in [0.25, 0.3) is 5.69 Å². The number of aromatic nitrogens is 2. The van der Waals surface area contributed by atoms with E-state index in [1.807, 2.05) is 0 Å². The Hall–Kier alpha value is -2.56. The van der Waals surface area contributed by atoms with Crippen molar-refractivity contribution in [1.82, 2.24) is 19.8 Å². The first-order valence-electron chi connectivity index (χ1n) is 9.56. The second kappa shape index (κ2) is 8.29. The summed E-state index contributed by atoms with van der Waals surface area (Å²) in [5.74, 6) is -0.631. The van der Waals surface area contributed by atoms with Crippen molar-refractivity contribution in [1.29, 1.82) is 0 Å². The smallest absolute Gasteiger partial charge is 0.272 e. The van der Waals surface area contributed by atoms with Gasteiger partial charge in [-0.3, -0.25) is 4.79 Å². The van der Waals surface area contributed by atoms with Crippen LogP contribution < -0.4 is 10.0 Å². The molecular formula is C20H21FN4O3S2. The number of rotatable bonds is 6. The van der Waals surface area contributed by atoms with Crippen molar-refractivity contribution in [2.24, 2.45) is 0 Å². The highest BCUT2D eigenvalue weighted by Gasteiger charge is 2.25. The lowest BCUT2D eigenvalue weighted by Gasteiger charge is -2.14. The number of hydrogen-bond donors (Lipinski definition) is 2. The number of thiophene rings is 1. The predicted molar refractivity (Wildman–Crippen MR) is 112 cm³/mol. The van der Waals surface area contributed by atoms with E-state index in [0.29, 0.717) is 11.4 Å². The molecule has 10 heteroatoms. The van der Waals surface area contributed by atoms with E-state index >= 15 is 0 Å². The van der Waals surface area contributed by atoms with Crippen molar-refractivity contribution >= 4 is 27.3 Å². The largest absolute Gasteiger partial charge is 0.346 e. The zero-order chi connectivity index (χ0) is 21.3. The molecule has 2 aromatic heterocycles. The molecule has 0 bridgehead atoms. The Morgan fingerprint density at radius 1 is 1.17 bits per heavy atom. The van der Waals surface area contributed by atoms with Crippen LogP contribution in [0.3, 0.4) is 0 Å². The number of nitrogens with zero attached hydrogens (tertiary/aromatic N) is 2. The molecule has 2 heterocycles. The van der Waals surface area contributed by atoms with Gasteiger partial charge in [0.2, 0.25) is 10.0 Å². The van der Waals surface area contributed by atoms with E-state index in [0.717, 1.165) is 53.2 Å². The minimum atomic E-state index is -3.50. The molecule has 4 rings (SSSR count). The molecule has 2 N–H and O–H groups in total. The van der Waals surface area contributed by atoms with Crippen LogP contribution in [0, 0.1) is 5.82 Å². The van der Waals surface area contributed by atoms with Crippen LogP contribution in [0.15, 0.2) is 40.6 Å². The second-order valence-electron chi connectivity index (χ2n) is 6.98. The highest BCUT2D eigenvalue weighted by atomic mass is 32.2. The predicted octanol–water partition coefficient (Wildman–Crippen LogP) is 2.79. The number of carbonyl (C=O) groups excluding carboxylic acids is 1. The van der Waals surface area contributed by atoms with Crippen LogP contribution in [-0.2, 0) is 29.4 Å². The summed E-state index contributed by atoms with van der Waals surface area (Å²) in [4.78, 5) is 13.6. The van der Waals surface area contributed by atoms with E-state index < -0.39 is 10.0 Å². The zero-order valence-electron chi connectivity index (χ0n) is 16.3. The minimum absolute atomic E-state index is 0.201. The van der Waals surface area contributed by atoms with Crippen LogP contribution in [0.1, 0.15) is 39.5 Å². The van der Waals surface area contributed by atoms with Gasteiger partial charge in [0.25, 0.3) is 5.91 Å². The Kier molecular flexibility index (Phi) is 5.72. The van der Waals surface area contributed by atoms with Crippen molar-refractivity contribution in [2.45, 2.75) is 36.4 Å². The molecule has 0 aliphatic heterocycles. The Morgan fingerprint density at radius 2 is 1.90 bits per heavy atom. The number of benzene rings is 1. The average Bonchev–Trinajstić information content (AvgIpc) is 3.38. The second-order valence-corrected chi connectivity index (χ2v) is 10.3. The third kappa shape index (κ3) is 4.03. The standard InChI is InChI=1S/C20H21FN4O3S2/c1-22-30(27,28)18-11-10-15(29-18)12-23-20(26)19-16-4-2-3-5-17(16)25(24-19)14-8-6-13(21)7-9-14/h6-11,22H,2-5,12H2,1H3,(H,23,26). The summed E-state index contributed by atoms with van der Waals surface area (Å²) >= 11 is 1.11. The minimum Gasteiger partial charge on any atom is -0.346 e. The summed E-state index contributed by atoms with van der Waals surface area (Å²) in [5.41, 5.74) is 2.99. The molecule has 0 spiro atoms. The first-order chi connectivity index (χ1) is 14.4. The van der Waals surface area contributed by atoms with Gasteiger partial charge in [-0.15, -0.1) is 11.3 Å². The van der Waals surface area contributed by atoms with E-state index in [-0.39, 0.29) is 22.5 Å². The van der Waals surface area contributed by atoms with Crippen LogP contribution in [-0.4, -0.2) is 31.2 Å². The monoisotopic (exact) mass is 448 g/mol. The van der Waals surface area contributed by atoms with Gasteiger partial charge in [0, 0.05) is 16.1 Å². The number of hydrogen-bond acceptors (Lipinski definition) is 5. The first-order valence-corrected chi connectivity index (χ1v) is 11.9. The Balaban J connectivity index is 1.56. The fourth-order valence-electron chi connectivity index (χ4n) is 3.53. The summed E-state index contributed by atoms with van der Waals surface area (Å²) < 4.78 is 41.2. The van der Waals surface area contributed by atoms with E-state index in [4.69, 9.17) is 0 Å². The summed E-state index contributed by atoms with van der Waals surface area (Å²) in [5, 5.41) is 7.38. The summed E-state index contributed by atoms with van der Waals surface area (Å²) in [6.45, 7) is 0.209. The molecule has 0 saturated carbocycles. The maximum atomic E-state index is 13.3.